The monoisotopic (exact) mass is 493 g/mol. The van der Waals surface area contributed by atoms with Crippen molar-refractivity contribution in [3.8, 4) is 0 Å². The Kier molecular flexibility index (Phi) is 9.97. The third-order valence-corrected chi connectivity index (χ3v) is 8.04. The van der Waals surface area contributed by atoms with E-state index in [0.717, 1.165) is 59.0 Å². The Bertz CT molecular complexity index is 746. The summed E-state index contributed by atoms with van der Waals surface area (Å²) in [6.07, 6.45) is 5.87. The summed E-state index contributed by atoms with van der Waals surface area (Å²) < 4.78 is 11.6. The maximum atomic E-state index is 6.01. The van der Waals surface area contributed by atoms with E-state index < -0.39 is 0 Å². The molecule has 3 aliphatic rings. The van der Waals surface area contributed by atoms with Gasteiger partial charge in [-0.1, -0.05) is 13.8 Å². The lowest BCUT2D eigenvalue weighted by molar-refractivity contribution is -0.00522. The molecule has 0 amide bonds. The first-order valence-electron chi connectivity index (χ1n) is 13.4. The largest absolute Gasteiger partial charge is 0.380 e. The van der Waals surface area contributed by atoms with Gasteiger partial charge in [0.05, 0.1) is 18.8 Å². The van der Waals surface area contributed by atoms with E-state index in [2.05, 4.69) is 67.5 Å². The first-order valence-corrected chi connectivity index (χ1v) is 13.4. The SMILES string of the molecule is CCOCCN1CCN(c2ccc(N3CC(C)OC(C)C3)cc2C2CCC(C)(C)CC2)CC1.Cl. The zero-order valence-electron chi connectivity index (χ0n) is 22.2. The Morgan fingerprint density at radius 1 is 0.971 bits per heavy atom. The third-order valence-electron chi connectivity index (χ3n) is 8.04. The average molecular weight is 494 g/mol. The molecule has 2 atom stereocenters. The predicted octanol–water partition coefficient (Wildman–Crippen LogP) is 5.56. The van der Waals surface area contributed by atoms with Crippen molar-refractivity contribution in [2.45, 2.75) is 78.4 Å². The molecule has 2 aliphatic heterocycles. The Morgan fingerprint density at radius 2 is 1.62 bits per heavy atom. The van der Waals surface area contributed by atoms with Gasteiger partial charge in [-0.15, -0.1) is 12.4 Å². The lowest BCUT2D eigenvalue weighted by Gasteiger charge is -2.41. The van der Waals surface area contributed by atoms with Crippen LogP contribution in [-0.4, -0.2) is 76.1 Å². The molecular formula is C28H48ClN3O2. The van der Waals surface area contributed by atoms with Crippen LogP contribution in [0.5, 0.6) is 0 Å². The molecule has 2 heterocycles. The van der Waals surface area contributed by atoms with E-state index in [1.54, 1.807) is 5.56 Å². The third kappa shape index (κ3) is 7.02. The van der Waals surface area contributed by atoms with Crippen molar-refractivity contribution < 1.29 is 9.47 Å². The standard InChI is InChI=1S/C28H47N3O2.ClH/c1-6-32-18-17-29-13-15-30(16-14-29)27-8-7-25(31-20-22(2)33-23(3)21-31)19-26(27)24-9-11-28(4,5)12-10-24;/h7-8,19,22-24H,6,9-18,20-21H2,1-5H3;1H. The molecule has 34 heavy (non-hydrogen) atoms. The molecule has 3 fully saturated rings. The van der Waals surface area contributed by atoms with Crippen LogP contribution >= 0.6 is 12.4 Å². The maximum Gasteiger partial charge on any atom is 0.0726 e. The van der Waals surface area contributed by atoms with Gasteiger partial charge < -0.3 is 19.3 Å². The number of halogens is 1. The molecule has 2 saturated heterocycles. The van der Waals surface area contributed by atoms with E-state index in [-0.39, 0.29) is 24.6 Å². The molecule has 6 heteroatoms. The Morgan fingerprint density at radius 3 is 2.24 bits per heavy atom. The molecule has 1 aromatic carbocycles. The van der Waals surface area contributed by atoms with Crippen LogP contribution in [0.1, 0.15) is 71.8 Å². The fourth-order valence-corrected chi connectivity index (χ4v) is 6.00. The molecule has 1 aromatic rings. The second kappa shape index (κ2) is 12.3. The molecule has 5 nitrogen and oxygen atoms in total. The summed E-state index contributed by atoms with van der Waals surface area (Å²) in [5.74, 6) is 0.680. The van der Waals surface area contributed by atoms with E-state index in [0.29, 0.717) is 11.3 Å². The number of morpholine rings is 1. The van der Waals surface area contributed by atoms with Gasteiger partial charge in [-0.2, -0.15) is 0 Å². The molecule has 1 aliphatic carbocycles. The van der Waals surface area contributed by atoms with E-state index >= 15 is 0 Å². The van der Waals surface area contributed by atoms with Crippen molar-refractivity contribution in [2.75, 3.05) is 68.8 Å². The molecule has 1 saturated carbocycles. The number of benzene rings is 1. The number of piperazine rings is 1. The summed E-state index contributed by atoms with van der Waals surface area (Å²) in [7, 11) is 0. The highest BCUT2D eigenvalue weighted by Gasteiger charge is 2.31. The van der Waals surface area contributed by atoms with Crippen molar-refractivity contribution in [2.24, 2.45) is 5.41 Å². The van der Waals surface area contributed by atoms with Gasteiger partial charge in [-0.3, -0.25) is 4.90 Å². The summed E-state index contributed by atoms with van der Waals surface area (Å²) in [4.78, 5) is 7.75. The molecule has 0 N–H and O–H groups in total. The van der Waals surface area contributed by atoms with Crippen LogP contribution < -0.4 is 9.80 Å². The number of nitrogens with zero attached hydrogens (tertiary/aromatic N) is 3. The van der Waals surface area contributed by atoms with Crippen LogP contribution in [0.25, 0.3) is 0 Å². The first-order chi connectivity index (χ1) is 15.8. The van der Waals surface area contributed by atoms with Crippen molar-refractivity contribution in [3.63, 3.8) is 0 Å². The van der Waals surface area contributed by atoms with Crippen LogP contribution in [0.4, 0.5) is 11.4 Å². The van der Waals surface area contributed by atoms with Crippen LogP contribution in [0.3, 0.4) is 0 Å². The van der Waals surface area contributed by atoms with Crippen LogP contribution in [0.15, 0.2) is 18.2 Å². The summed E-state index contributed by atoms with van der Waals surface area (Å²) >= 11 is 0. The number of rotatable bonds is 7. The summed E-state index contributed by atoms with van der Waals surface area (Å²) in [6.45, 7) is 20.5. The van der Waals surface area contributed by atoms with Crippen LogP contribution in [-0.2, 0) is 9.47 Å². The Balaban J connectivity index is 0.00000324. The molecule has 194 valence electrons. The number of hydrogen-bond donors (Lipinski definition) is 0. The quantitative estimate of drug-likeness (QED) is 0.463. The highest BCUT2D eigenvalue weighted by molar-refractivity contribution is 5.85. The molecule has 4 rings (SSSR count). The van der Waals surface area contributed by atoms with E-state index in [9.17, 15) is 0 Å². The average Bonchev–Trinajstić information content (AvgIpc) is 2.79. The van der Waals surface area contributed by atoms with Crippen molar-refractivity contribution in [1.29, 1.82) is 0 Å². The van der Waals surface area contributed by atoms with Gasteiger partial charge in [0, 0.05) is 63.8 Å². The number of hydrogen-bond acceptors (Lipinski definition) is 5. The second-order valence-electron chi connectivity index (χ2n) is 11.4. The minimum atomic E-state index is 0. The summed E-state index contributed by atoms with van der Waals surface area (Å²) in [6, 6.07) is 7.35. The zero-order valence-corrected chi connectivity index (χ0v) is 23.0. The molecule has 2 unspecified atom stereocenters. The smallest absolute Gasteiger partial charge is 0.0726 e. The minimum absolute atomic E-state index is 0. The van der Waals surface area contributed by atoms with Crippen LogP contribution in [0, 0.1) is 5.41 Å². The summed E-state index contributed by atoms with van der Waals surface area (Å²) in [5, 5.41) is 0. The summed E-state index contributed by atoms with van der Waals surface area (Å²) in [5.41, 5.74) is 4.96. The van der Waals surface area contributed by atoms with E-state index in [4.69, 9.17) is 9.47 Å². The highest BCUT2D eigenvalue weighted by Crippen LogP contribution is 2.45. The van der Waals surface area contributed by atoms with Gasteiger partial charge in [0.25, 0.3) is 0 Å². The van der Waals surface area contributed by atoms with Gasteiger partial charge in [0.2, 0.25) is 0 Å². The van der Waals surface area contributed by atoms with Crippen molar-refractivity contribution >= 4 is 23.8 Å². The van der Waals surface area contributed by atoms with E-state index in [1.165, 1.54) is 37.1 Å². The second-order valence-corrected chi connectivity index (χ2v) is 11.4. The Labute approximate surface area is 214 Å². The molecular weight excluding hydrogens is 446 g/mol. The van der Waals surface area contributed by atoms with Gasteiger partial charge in [0.1, 0.15) is 0 Å². The fraction of sp³-hybridized carbons (Fsp3) is 0.786. The van der Waals surface area contributed by atoms with Gasteiger partial charge in [-0.25, -0.2) is 0 Å². The van der Waals surface area contributed by atoms with Gasteiger partial charge >= 0.3 is 0 Å². The molecule has 0 aromatic heterocycles. The zero-order chi connectivity index (χ0) is 23.4. The predicted molar refractivity (Wildman–Crippen MR) is 146 cm³/mol. The van der Waals surface area contributed by atoms with Gasteiger partial charge in [-0.05, 0) is 81.5 Å². The fourth-order valence-electron chi connectivity index (χ4n) is 6.00. The number of anilines is 2. The van der Waals surface area contributed by atoms with Crippen molar-refractivity contribution in [1.82, 2.24) is 4.90 Å². The molecule has 0 spiro atoms. The topological polar surface area (TPSA) is 28.2 Å². The van der Waals surface area contributed by atoms with Crippen LogP contribution in [0.2, 0.25) is 0 Å². The Hall–Kier alpha value is -1.01. The van der Waals surface area contributed by atoms with Crippen molar-refractivity contribution in [3.05, 3.63) is 23.8 Å². The lowest BCUT2D eigenvalue weighted by Crippen LogP contribution is -2.48. The van der Waals surface area contributed by atoms with Gasteiger partial charge in [0.15, 0.2) is 0 Å². The normalized spacial score (nSPS) is 26.4. The lowest BCUT2D eigenvalue weighted by atomic mass is 9.71. The first kappa shape index (κ1) is 27.6. The highest BCUT2D eigenvalue weighted by atomic mass is 35.5. The minimum Gasteiger partial charge on any atom is -0.380 e. The molecule has 0 bridgehead atoms. The number of ether oxygens (including phenoxy) is 2. The molecule has 0 radical (unpaired) electrons. The maximum absolute atomic E-state index is 6.01. The van der Waals surface area contributed by atoms with E-state index in [1.807, 2.05) is 0 Å².